The predicted molar refractivity (Wildman–Crippen MR) is 103 cm³/mol. The number of hydrogen-bond acceptors (Lipinski definition) is 7. The normalized spacial score (nSPS) is 15.4. The van der Waals surface area contributed by atoms with Gasteiger partial charge in [0.2, 0.25) is 0 Å². The fraction of sp³-hybridized carbons (Fsp3) is 0.118. The standard InChI is InChI=1S/C17H14ClN5O3S/c18-11-3-1-10(2-4-11)9-12-16(25)23(17(26)27-12)8-7-22-15(24)13-14(19)21-6-5-20-13/h1-6,9H,7-8H2,(H2,19,21)(H,22,24)/b12-9+. The maximum Gasteiger partial charge on any atom is 0.293 e. The van der Waals surface area contributed by atoms with Crippen molar-refractivity contribution in [2.45, 2.75) is 0 Å². The van der Waals surface area contributed by atoms with Crippen LogP contribution in [0.1, 0.15) is 16.1 Å². The zero-order valence-electron chi connectivity index (χ0n) is 13.9. The molecule has 1 aromatic carbocycles. The molecule has 1 aliphatic rings. The smallest absolute Gasteiger partial charge is 0.293 e. The number of benzene rings is 1. The quantitative estimate of drug-likeness (QED) is 0.734. The van der Waals surface area contributed by atoms with Crippen LogP contribution in [0.4, 0.5) is 10.6 Å². The summed E-state index contributed by atoms with van der Waals surface area (Å²) in [6, 6.07) is 6.90. The summed E-state index contributed by atoms with van der Waals surface area (Å²) in [6.07, 6.45) is 4.35. The number of nitrogen functional groups attached to an aromatic ring is 1. The van der Waals surface area contributed by atoms with Crippen LogP contribution in [-0.4, -0.2) is 45.0 Å². The number of nitrogens with zero attached hydrogens (tertiary/aromatic N) is 3. The van der Waals surface area contributed by atoms with E-state index in [4.69, 9.17) is 17.3 Å². The van der Waals surface area contributed by atoms with Gasteiger partial charge in [-0.05, 0) is 35.5 Å². The molecular weight excluding hydrogens is 390 g/mol. The van der Waals surface area contributed by atoms with E-state index in [1.54, 1.807) is 30.3 Å². The third-order valence-electron chi connectivity index (χ3n) is 3.60. The molecule has 2 aromatic rings. The zero-order valence-corrected chi connectivity index (χ0v) is 15.5. The van der Waals surface area contributed by atoms with E-state index in [1.165, 1.54) is 12.4 Å². The molecule has 27 heavy (non-hydrogen) atoms. The van der Waals surface area contributed by atoms with Crippen LogP contribution in [0, 0.1) is 0 Å². The van der Waals surface area contributed by atoms with Gasteiger partial charge in [-0.25, -0.2) is 9.97 Å². The fourth-order valence-electron chi connectivity index (χ4n) is 2.29. The largest absolute Gasteiger partial charge is 0.382 e. The molecule has 10 heteroatoms. The summed E-state index contributed by atoms with van der Waals surface area (Å²) in [7, 11) is 0. The van der Waals surface area contributed by atoms with E-state index in [9.17, 15) is 14.4 Å². The van der Waals surface area contributed by atoms with Crippen molar-refractivity contribution < 1.29 is 14.4 Å². The molecule has 0 unspecified atom stereocenters. The maximum absolute atomic E-state index is 12.4. The van der Waals surface area contributed by atoms with Crippen LogP contribution in [0.25, 0.3) is 6.08 Å². The summed E-state index contributed by atoms with van der Waals surface area (Å²) < 4.78 is 0. The molecule has 0 atom stereocenters. The van der Waals surface area contributed by atoms with Gasteiger partial charge in [0, 0.05) is 30.5 Å². The van der Waals surface area contributed by atoms with Crippen molar-refractivity contribution in [3.05, 3.63) is 57.8 Å². The second-order valence-corrected chi connectivity index (χ2v) is 6.86. The minimum atomic E-state index is -0.524. The van der Waals surface area contributed by atoms with E-state index < -0.39 is 17.1 Å². The Morgan fingerprint density at radius 2 is 1.93 bits per heavy atom. The molecule has 3 amide bonds. The predicted octanol–water partition coefficient (Wildman–Crippen LogP) is 2.18. The molecule has 1 aromatic heterocycles. The lowest BCUT2D eigenvalue weighted by atomic mass is 10.2. The van der Waals surface area contributed by atoms with Gasteiger partial charge in [0.1, 0.15) is 0 Å². The molecule has 1 fully saturated rings. The Labute approximate surface area is 163 Å². The molecule has 138 valence electrons. The molecule has 3 N–H and O–H groups in total. The Morgan fingerprint density at radius 1 is 1.22 bits per heavy atom. The van der Waals surface area contributed by atoms with Crippen molar-refractivity contribution in [3.63, 3.8) is 0 Å². The van der Waals surface area contributed by atoms with Crippen LogP contribution in [0.2, 0.25) is 5.02 Å². The minimum Gasteiger partial charge on any atom is -0.382 e. The lowest BCUT2D eigenvalue weighted by Crippen LogP contribution is -2.37. The summed E-state index contributed by atoms with van der Waals surface area (Å²) in [5, 5.41) is 2.76. The molecule has 0 saturated carbocycles. The Hall–Kier alpha value is -2.91. The number of thioether (sulfide) groups is 1. The number of anilines is 1. The van der Waals surface area contributed by atoms with Crippen LogP contribution < -0.4 is 11.1 Å². The number of aromatic nitrogens is 2. The van der Waals surface area contributed by atoms with Gasteiger partial charge in [-0.15, -0.1) is 0 Å². The molecular formula is C17H14ClN5O3S. The van der Waals surface area contributed by atoms with Gasteiger partial charge in [0.05, 0.1) is 4.91 Å². The number of rotatable bonds is 5. The SMILES string of the molecule is Nc1nccnc1C(=O)NCCN1C(=O)S/C(=C/c2ccc(Cl)cc2)C1=O. The summed E-state index contributed by atoms with van der Waals surface area (Å²) in [5.41, 5.74) is 6.34. The van der Waals surface area contributed by atoms with E-state index in [-0.39, 0.29) is 24.6 Å². The summed E-state index contributed by atoms with van der Waals surface area (Å²) in [5.74, 6) is -0.926. The third-order valence-corrected chi connectivity index (χ3v) is 4.76. The van der Waals surface area contributed by atoms with Crippen molar-refractivity contribution in [1.82, 2.24) is 20.2 Å². The highest BCUT2D eigenvalue weighted by Gasteiger charge is 2.34. The van der Waals surface area contributed by atoms with E-state index in [0.717, 1.165) is 22.2 Å². The minimum absolute atomic E-state index is 0.00530. The van der Waals surface area contributed by atoms with Gasteiger partial charge >= 0.3 is 0 Å². The van der Waals surface area contributed by atoms with E-state index >= 15 is 0 Å². The van der Waals surface area contributed by atoms with Crippen LogP contribution in [0.15, 0.2) is 41.6 Å². The topological polar surface area (TPSA) is 118 Å². The van der Waals surface area contributed by atoms with E-state index in [1.807, 2.05) is 0 Å². The highest BCUT2D eigenvalue weighted by Crippen LogP contribution is 2.32. The van der Waals surface area contributed by atoms with Crippen LogP contribution in [-0.2, 0) is 4.79 Å². The van der Waals surface area contributed by atoms with E-state index in [2.05, 4.69) is 15.3 Å². The molecule has 1 aliphatic heterocycles. The Bertz CT molecular complexity index is 932. The van der Waals surface area contributed by atoms with Crippen LogP contribution in [0.5, 0.6) is 0 Å². The first-order chi connectivity index (χ1) is 13.0. The number of carbonyl (C=O) groups excluding carboxylic acids is 3. The highest BCUT2D eigenvalue weighted by atomic mass is 35.5. The number of carbonyl (C=O) groups is 3. The molecule has 0 spiro atoms. The molecule has 0 radical (unpaired) electrons. The number of hydrogen-bond donors (Lipinski definition) is 2. The number of nitrogens with two attached hydrogens (primary N) is 1. The highest BCUT2D eigenvalue weighted by molar-refractivity contribution is 8.18. The maximum atomic E-state index is 12.4. The van der Waals surface area contributed by atoms with Gasteiger partial charge in [0.15, 0.2) is 11.5 Å². The summed E-state index contributed by atoms with van der Waals surface area (Å²) in [6.45, 7) is 0.107. The van der Waals surface area contributed by atoms with Crippen LogP contribution >= 0.6 is 23.4 Å². The van der Waals surface area contributed by atoms with Crippen molar-refractivity contribution in [2.75, 3.05) is 18.8 Å². The van der Waals surface area contributed by atoms with Gasteiger partial charge in [-0.2, -0.15) is 0 Å². The lowest BCUT2D eigenvalue weighted by molar-refractivity contribution is -0.122. The van der Waals surface area contributed by atoms with Gasteiger partial charge in [-0.3, -0.25) is 19.3 Å². The summed E-state index contributed by atoms with van der Waals surface area (Å²) in [4.78, 5) is 45.6. The summed E-state index contributed by atoms with van der Waals surface area (Å²) >= 11 is 6.68. The molecule has 2 heterocycles. The first kappa shape index (κ1) is 18.9. The second kappa shape index (κ2) is 8.19. The first-order valence-electron chi connectivity index (χ1n) is 7.81. The molecule has 0 aliphatic carbocycles. The number of amides is 3. The Morgan fingerprint density at radius 3 is 2.63 bits per heavy atom. The Balaban J connectivity index is 1.60. The average molecular weight is 404 g/mol. The van der Waals surface area contributed by atoms with E-state index in [0.29, 0.717) is 9.93 Å². The number of halogens is 1. The molecule has 8 nitrogen and oxygen atoms in total. The fourth-order valence-corrected chi connectivity index (χ4v) is 3.28. The van der Waals surface area contributed by atoms with Gasteiger partial charge in [-0.1, -0.05) is 23.7 Å². The molecule has 0 bridgehead atoms. The molecule has 1 saturated heterocycles. The van der Waals surface area contributed by atoms with Crippen molar-refractivity contribution in [2.24, 2.45) is 0 Å². The third kappa shape index (κ3) is 4.44. The number of nitrogens with one attached hydrogen (secondary N) is 1. The molecule has 3 rings (SSSR count). The Kier molecular flexibility index (Phi) is 5.72. The van der Waals surface area contributed by atoms with Crippen molar-refractivity contribution in [3.8, 4) is 0 Å². The zero-order chi connectivity index (χ0) is 19.4. The van der Waals surface area contributed by atoms with Gasteiger partial charge in [0.25, 0.3) is 17.1 Å². The van der Waals surface area contributed by atoms with Crippen LogP contribution in [0.3, 0.4) is 0 Å². The number of imide groups is 1. The lowest BCUT2D eigenvalue weighted by Gasteiger charge is -2.13. The van der Waals surface area contributed by atoms with Crippen molar-refractivity contribution in [1.29, 1.82) is 0 Å². The average Bonchev–Trinajstić information content (AvgIpc) is 2.91. The second-order valence-electron chi connectivity index (χ2n) is 5.43. The van der Waals surface area contributed by atoms with Gasteiger partial charge < -0.3 is 11.1 Å². The van der Waals surface area contributed by atoms with Crippen molar-refractivity contribution >= 4 is 52.3 Å². The monoisotopic (exact) mass is 403 g/mol. The first-order valence-corrected chi connectivity index (χ1v) is 9.01.